The predicted molar refractivity (Wildman–Crippen MR) is 29.1 cm³/mol. The highest BCUT2D eigenvalue weighted by Gasteiger charge is 1.87. The zero-order valence-electron chi connectivity index (χ0n) is 5.03. The summed E-state index contributed by atoms with van der Waals surface area (Å²) in [6, 6.07) is 0. The molecule has 0 aliphatic rings. The molecule has 0 saturated heterocycles. The van der Waals surface area contributed by atoms with Crippen LogP contribution in [0.5, 0.6) is 0 Å². The number of hydrogen-bond acceptors (Lipinski definition) is 0. The molecule has 1 rings (SSSR count). The standard InChI is InChI=1S/C5H9N2.FH/c1-6-3-4-7(2)5-6;/h3-5H,1-2H3;1H/q+1;. The average Bonchev–Trinajstić information content (AvgIpc) is 1.87. The molecule has 0 unspecified atom stereocenters. The fourth-order valence-electron chi connectivity index (χ4n) is 0.575. The van der Waals surface area contributed by atoms with Crippen molar-refractivity contribution >= 4 is 0 Å². The smallest absolute Gasteiger partial charge is 0.243 e. The van der Waals surface area contributed by atoms with Crippen LogP contribution in [-0.4, -0.2) is 4.57 Å². The van der Waals surface area contributed by atoms with Gasteiger partial charge in [-0.15, -0.1) is 0 Å². The fourth-order valence-corrected chi connectivity index (χ4v) is 0.575. The minimum Gasteiger partial charge on any atom is -0.269 e. The average molecular weight is 117 g/mol. The lowest BCUT2D eigenvalue weighted by molar-refractivity contribution is -0.670. The van der Waals surface area contributed by atoms with Crippen LogP contribution in [0.25, 0.3) is 0 Å². The van der Waals surface area contributed by atoms with Crippen molar-refractivity contribution in [2.24, 2.45) is 14.1 Å². The van der Waals surface area contributed by atoms with E-state index in [4.69, 9.17) is 0 Å². The van der Waals surface area contributed by atoms with E-state index in [-0.39, 0.29) is 4.70 Å². The first-order valence-electron chi connectivity index (χ1n) is 2.26. The second-order valence-electron chi connectivity index (χ2n) is 1.74. The third-order valence-electron chi connectivity index (χ3n) is 0.901. The van der Waals surface area contributed by atoms with Gasteiger partial charge in [0.1, 0.15) is 12.4 Å². The summed E-state index contributed by atoms with van der Waals surface area (Å²) in [6.07, 6.45) is 6.00. The molecule has 1 aromatic rings. The van der Waals surface area contributed by atoms with Gasteiger partial charge in [-0.25, -0.2) is 9.13 Å². The van der Waals surface area contributed by atoms with E-state index in [1.807, 2.05) is 42.0 Å². The van der Waals surface area contributed by atoms with Gasteiger partial charge in [0.05, 0.1) is 14.1 Å². The largest absolute Gasteiger partial charge is 0.269 e. The van der Waals surface area contributed by atoms with Gasteiger partial charge in [-0.1, -0.05) is 0 Å². The Hall–Kier alpha value is -0.860. The van der Waals surface area contributed by atoms with Gasteiger partial charge in [0, 0.05) is 0 Å². The van der Waals surface area contributed by atoms with Gasteiger partial charge < -0.3 is 0 Å². The van der Waals surface area contributed by atoms with Crippen LogP contribution in [0, 0.1) is 0 Å². The maximum atomic E-state index is 2.00. The molecule has 46 valence electrons. The van der Waals surface area contributed by atoms with E-state index in [2.05, 4.69) is 0 Å². The number of hydrogen-bond donors (Lipinski definition) is 0. The van der Waals surface area contributed by atoms with Crippen LogP contribution in [-0.2, 0) is 14.1 Å². The van der Waals surface area contributed by atoms with Crippen LogP contribution >= 0.6 is 0 Å². The summed E-state index contributed by atoms with van der Waals surface area (Å²) in [5, 5.41) is 0. The van der Waals surface area contributed by atoms with E-state index >= 15 is 0 Å². The van der Waals surface area contributed by atoms with Crippen molar-refractivity contribution in [1.82, 2.24) is 4.57 Å². The summed E-state index contributed by atoms with van der Waals surface area (Å²) in [5.41, 5.74) is 0. The Balaban J connectivity index is 0.000000490. The fraction of sp³-hybridized carbons (Fsp3) is 0.400. The van der Waals surface area contributed by atoms with E-state index in [0.717, 1.165) is 0 Å². The van der Waals surface area contributed by atoms with Gasteiger partial charge in [0.15, 0.2) is 0 Å². The van der Waals surface area contributed by atoms with E-state index in [0.29, 0.717) is 0 Å². The summed E-state index contributed by atoms with van der Waals surface area (Å²) < 4.78 is 4.00. The second-order valence-corrected chi connectivity index (χ2v) is 1.74. The molecule has 1 aromatic heterocycles. The first kappa shape index (κ1) is 7.14. The normalized spacial score (nSPS) is 8.25. The molecule has 0 saturated carbocycles. The number of nitrogens with zero attached hydrogens (tertiary/aromatic N) is 2. The van der Waals surface area contributed by atoms with Gasteiger partial charge in [-0.3, -0.25) is 4.70 Å². The molecule has 0 spiro atoms. The monoisotopic (exact) mass is 117 g/mol. The highest BCUT2D eigenvalue weighted by molar-refractivity contribution is 4.60. The molecule has 0 fully saturated rings. The molecule has 0 bridgehead atoms. The number of aryl methyl sites for hydroxylation is 2. The summed E-state index contributed by atoms with van der Waals surface area (Å²) >= 11 is 0. The Morgan fingerprint density at radius 2 is 2.12 bits per heavy atom. The van der Waals surface area contributed by atoms with Crippen LogP contribution < -0.4 is 4.57 Å². The highest BCUT2D eigenvalue weighted by Crippen LogP contribution is 1.70. The lowest BCUT2D eigenvalue weighted by Crippen LogP contribution is -2.23. The van der Waals surface area contributed by atoms with Crippen LogP contribution in [0.1, 0.15) is 0 Å². The van der Waals surface area contributed by atoms with Crippen LogP contribution in [0.3, 0.4) is 0 Å². The zero-order valence-corrected chi connectivity index (χ0v) is 5.03. The Kier molecular flexibility index (Phi) is 2.19. The molecule has 3 heteroatoms. The van der Waals surface area contributed by atoms with E-state index in [1.165, 1.54) is 0 Å². The van der Waals surface area contributed by atoms with Crippen molar-refractivity contribution in [3.63, 3.8) is 0 Å². The first-order chi connectivity index (χ1) is 3.29. The molecule has 2 nitrogen and oxygen atoms in total. The predicted octanol–water partition coefficient (Wildman–Crippen LogP) is 0.00210. The highest BCUT2D eigenvalue weighted by atomic mass is 19.0. The summed E-state index contributed by atoms with van der Waals surface area (Å²) in [7, 11) is 4.00. The number of rotatable bonds is 0. The molecule has 0 radical (unpaired) electrons. The van der Waals surface area contributed by atoms with Crippen LogP contribution in [0.15, 0.2) is 18.7 Å². The van der Waals surface area contributed by atoms with Crippen molar-refractivity contribution in [3.05, 3.63) is 18.7 Å². The lowest BCUT2D eigenvalue weighted by Gasteiger charge is -1.72. The molecule has 0 N–H and O–H groups in total. The van der Waals surface area contributed by atoms with E-state index in [9.17, 15) is 0 Å². The molecular weight excluding hydrogens is 107 g/mol. The molecule has 0 amide bonds. The molecule has 1 heterocycles. The van der Waals surface area contributed by atoms with Gasteiger partial charge in [-0.2, -0.15) is 0 Å². The molecule has 0 aliphatic heterocycles. The minimum atomic E-state index is 0. The third kappa shape index (κ3) is 1.33. The van der Waals surface area contributed by atoms with E-state index in [1.54, 1.807) is 0 Å². The Labute approximate surface area is 47.7 Å². The second kappa shape index (κ2) is 2.45. The van der Waals surface area contributed by atoms with Crippen molar-refractivity contribution in [3.8, 4) is 0 Å². The van der Waals surface area contributed by atoms with Crippen LogP contribution in [0.4, 0.5) is 4.70 Å². The van der Waals surface area contributed by atoms with Crippen molar-refractivity contribution < 1.29 is 9.27 Å². The van der Waals surface area contributed by atoms with Gasteiger partial charge in [-0.05, 0) is 0 Å². The molecule has 0 aromatic carbocycles. The van der Waals surface area contributed by atoms with Crippen molar-refractivity contribution in [2.45, 2.75) is 0 Å². The summed E-state index contributed by atoms with van der Waals surface area (Å²) in [5.74, 6) is 0. The summed E-state index contributed by atoms with van der Waals surface area (Å²) in [6.45, 7) is 0. The maximum absolute atomic E-state index is 2.00. The molecule has 8 heavy (non-hydrogen) atoms. The van der Waals surface area contributed by atoms with Crippen LogP contribution in [0.2, 0.25) is 0 Å². The maximum Gasteiger partial charge on any atom is 0.243 e. The Morgan fingerprint density at radius 1 is 1.50 bits per heavy atom. The first-order valence-corrected chi connectivity index (χ1v) is 2.26. The number of halogens is 1. The molecule has 0 aliphatic carbocycles. The topological polar surface area (TPSA) is 8.81 Å². The Bertz CT molecular complexity index is 143. The quantitative estimate of drug-likeness (QED) is 0.423. The summed E-state index contributed by atoms with van der Waals surface area (Å²) in [4.78, 5) is 0. The van der Waals surface area contributed by atoms with Crippen molar-refractivity contribution in [2.75, 3.05) is 0 Å². The molecular formula is C5H10FN2+. The van der Waals surface area contributed by atoms with Gasteiger partial charge in [0.25, 0.3) is 0 Å². The van der Waals surface area contributed by atoms with E-state index < -0.39 is 0 Å². The molecule has 0 atom stereocenters. The number of imidazole rings is 1. The van der Waals surface area contributed by atoms with Gasteiger partial charge >= 0.3 is 0 Å². The lowest BCUT2D eigenvalue weighted by atomic mass is 10.9. The Morgan fingerprint density at radius 3 is 2.25 bits per heavy atom. The van der Waals surface area contributed by atoms with Crippen molar-refractivity contribution in [1.29, 1.82) is 0 Å². The minimum absolute atomic E-state index is 0. The SMILES string of the molecule is Cn1cc[n+](C)c1.F. The third-order valence-corrected chi connectivity index (χ3v) is 0.901. The number of aromatic nitrogens is 2. The zero-order chi connectivity index (χ0) is 5.28. The van der Waals surface area contributed by atoms with Gasteiger partial charge in [0.2, 0.25) is 6.33 Å².